The molecule has 3 aliphatic rings. The van der Waals surface area contributed by atoms with Gasteiger partial charge in [-0.15, -0.1) is 0 Å². The highest BCUT2D eigenvalue weighted by Gasteiger charge is 2.58. The van der Waals surface area contributed by atoms with Crippen LogP contribution in [0, 0.1) is 22.7 Å². The maximum Gasteiger partial charge on any atom is 0.226 e. The predicted octanol–water partition coefficient (Wildman–Crippen LogP) is 3.05. The van der Waals surface area contributed by atoms with Gasteiger partial charge in [-0.2, -0.15) is 0 Å². The van der Waals surface area contributed by atoms with Gasteiger partial charge in [-0.1, -0.05) is 20.8 Å². The molecule has 0 aromatic rings. The minimum Gasteiger partial charge on any atom is -0.342 e. The van der Waals surface area contributed by atoms with Crippen molar-refractivity contribution >= 4 is 5.91 Å². The first kappa shape index (κ1) is 15.3. The lowest BCUT2D eigenvalue weighted by Crippen LogP contribution is -2.37. The minimum atomic E-state index is 0.353. The summed E-state index contributed by atoms with van der Waals surface area (Å²) in [5.74, 6) is 1.60. The summed E-state index contributed by atoms with van der Waals surface area (Å²) < 4.78 is 0. The lowest BCUT2D eigenvalue weighted by molar-refractivity contribution is -0.133. The molecule has 1 aliphatic carbocycles. The number of rotatable bonds is 1. The molecule has 21 heavy (non-hydrogen) atoms. The Hall–Kier alpha value is -0.570. The van der Waals surface area contributed by atoms with E-state index in [-0.39, 0.29) is 0 Å². The van der Waals surface area contributed by atoms with Crippen molar-refractivity contribution in [1.82, 2.24) is 10.2 Å². The van der Waals surface area contributed by atoms with Gasteiger partial charge in [0, 0.05) is 19.0 Å². The van der Waals surface area contributed by atoms with Gasteiger partial charge in [0.25, 0.3) is 0 Å². The Morgan fingerprint density at radius 3 is 2.52 bits per heavy atom. The van der Waals surface area contributed by atoms with E-state index in [1.54, 1.807) is 0 Å². The largest absolute Gasteiger partial charge is 0.342 e. The van der Waals surface area contributed by atoms with E-state index in [0.717, 1.165) is 38.5 Å². The van der Waals surface area contributed by atoms with E-state index in [1.165, 1.54) is 32.1 Å². The number of carbonyl (C=O) groups is 1. The van der Waals surface area contributed by atoms with Crippen LogP contribution in [0.3, 0.4) is 0 Å². The van der Waals surface area contributed by atoms with Crippen LogP contribution in [0.1, 0.15) is 59.3 Å². The van der Waals surface area contributed by atoms with Crippen molar-refractivity contribution in [2.75, 3.05) is 26.2 Å². The summed E-state index contributed by atoms with van der Waals surface area (Å²) in [5.41, 5.74) is 0.771. The highest BCUT2D eigenvalue weighted by molar-refractivity contribution is 5.82. The number of carbonyl (C=O) groups excluding carboxylic acids is 1. The molecule has 3 heteroatoms. The third kappa shape index (κ3) is 3.13. The second-order valence-electron chi connectivity index (χ2n) is 8.69. The van der Waals surface area contributed by atoms with Crippen molar-refractivity contribution in [1.29, 1.82) is 0 Å². The molecule has 3 rings (SSSR count). The normalized spacial score (nSPS) is 32.8. The van der Waals surface area contributed by atoms with Crippen LogP contribution < -0.4 is 5.32 Å². The van der Waals surface area contributed by atoms with Crippen molar-refractivity contribution in [2.45, 2.75) is 59.3 Å². The third-order valence-electron chi connectivity index (χ3n) is 6.35. The number of piperidine rings is 1. The average Bonchev–Trinajstić information content (AvgIpc) is 3.17. The van der Waals surface area contributed by atoms with Crippen molar-refractivity contribution in [3.8, 4) is 0 Å². The summed E-state index contributed by atoms with van der Waals surface area (Å²) >= 11 is 0. The van der Waals surface area contributed by atoms with Gasteiger partial charge in [-0.3, -0.25) is 4.79 Å². The Balaban J connectivity index is 1.57. The van der Waals surface area contributed by atoms with E-state index >= 15 is 0 Å². The molecular weight excluding hydrogens is 260 g/mol. The van der Waals surface area contributed by atoms with E-state index in [1.807, 2.05) is 0 Å². The molecular formula is C18H32N2O. The quantitative estimate of drug-likeness (QED) is 0.805. The number of hydrogen-bond donors (Lipinski definition) is 1. The summed E-state index contributed by atoms with van der Waals surface area (Å²) in [6.07, 6.45) is 7.24. The highest BCUT2D eigenvalue weighted by Crippen LogP contribution is 2.59. The van der Waals surface area contributed by atoms with Crippen LogP contribution in [0.5, 0.6) is 0 Å². The number of nitrogens with zero attached hydrogens (tertiary/aromatic N) is 1. The van der Waals surface area contributed by atoms with Crippen LogP contribution in [0.15, 0.2) is 0 Å². The fourth-order valence-electron chi connectivity index (χ4n) is 4.58. The molecule has 1 saturated carbocycles. The summed E-state index contributed by atoms with van der Waals surface area (Å²) in [4.78, 5) is 15.1. The molecule has 0 aromatic heterocycles. The fourth-order valence-corrected chi connectivity index (χ4v) is 4.58. The van der Waals surface area contributed by atoms with Crippen molar-refractivity contribution in [3.05, 3.63) is 0 Å². The number of nitrogens with one attached hydrogen (secondary N) is 1. The molecule has 1 spiro atoms. The molecule has 0 bridgehead atoms. The molecule has 1 N–H and O–H groups in total. The molecule has 2 heterocycles. The van der Waals surface area contributed by atoms with Crippen LogP contribution in [0.4, 0.5) is 0 Å². The molecule has 2 aliphatic heterocycles. The molecule has 3 nitrogen and oxygen atoms in total. The molecule has 0 aromatic carbocycles. The van der Waals surface area contributed by atoms with Crippen molar-refractivity contribution in [2.24, 2.45) is 22.7 Å². The van der Waals surface area contributed by atoms with Crippen LogP contribution >= 0.6 is 0 Å². The second-order valence-corrected chi connectivity index (χ2v) is 8.69. The van der Waals surface area contributed by atoms with Gasteiger partial charge in [0.1, 0.15) is 0 Å². The number of likely N-dealkylation sites (tertiary alicyclic amines) is 1. The molecule has 2 unspecified atom stereocenters. The number of amides is 1. The first-order chi connectivity index (χ1) is 9.92. The zero-order valence-corrected chi connectivity index (χ0v) is 14.1. The SMILES string of the molecule is CC(C)(C)C1CCCN(C(=O)C2CC23CCNCC3)CC1. The fraction of sp³-hybridized carbons (Fsp3) is 0.944. The maximum absolute atomic E-state index is 12.8. The zero-order valence-electron chi connectivity index (χ0n) is 14.1. The summed E-state index contributed by atoms with van der Waals surface area (Å²) in [6.45, 7) is 11.2. The smallest absolute Gasteiger partial charge is 0.226 e. The molecule has 2 saturated heterocycles. The first-order valence-electron chi connectivity index (χ1n) is 8.92. The van der Waals surface area contributed by atoms with Crippen molar-refractivity contribution in [3.63, 3.8) is 0 Å². The molecule has 2 atom stereocenters. The van der Waals surface area contributed by atoms with Gasteiger partial charge in [0.15, 0.2) is 0 Å². The lowest BCUT2D eigenvalue weighted by atomic mass is 9.77. The minimum absolute atomic E-state index is 0.353. The Bertz CT molecular complexity index is 393. The predicted molar refractivity (Wildman–Crippen MR) is 86.0 cm³/mol. The highest BCUT2D eigenvalue weighted by atomic mass is 16.2. The summed E-state index contributed by atoms with van der Waals surface area (Å²) in [5, 5.41) is 3.43. The topological polar surface area (TPSA) is 32.3 Å². The van der Waals surface area contributed by atoms with E-state index in [9.17, 15) is 4.79 Å². The molecule has 120 valence electrons. The average molecular weight is 292 g/mol. The van der Waals surface area contributed by atoms with Gasteiger partial charge in [-0.25, -0.2) is 0 Å². The van der Waals surface area contributed by atoms with Crippen LogP contribution in [0.2, 0.25) is 0 Å². The summed E-state index contributed by atoms with van der Waals surface area (Å²) in [6, 6.07) is 0. The molecule has 3 fully saturated rings. The monoisotopic (exact) mass is 292 g/mol. The lowest BCUT2D eigenvalue weighted by Gasteiger charge is -2.30. The van der Waals surface area contributed by atoms with Crippen LogP contribution in [-0.4, -0.2) is 37.0 Å². The van der Waals surface area contributed by atoms with Gasteiger partial charge in [-0.05, 0) is 68.4 Å². The summed E-state index contributed by atoms with van der Waals surface area (Å²) in [7, 11) is 0. The molecule has 1 amide bonds. The van der Waals surface area contributed by atoms with Gasteiger partial charge in [0.05, 0.1) is 0 Å². The second kappa shape index (κ2) is 5.57. The first-order valence-corrected chi connectivity index (χ1v) is 8.92. The van der Waals surface area contributed by atoms with Gasteiger partial charge >= 0.3 is 0 Å². The molecule has 0 radical (unpaired) electrons. The Kier molecular flexibility index (Phi) is 4.06. The third-order valence-corrected chi connectivity index (χ3v) is 6.35. The van der Waals surface area contributed by atoms with Gasteiger partial charge < -0.3 is 10.2 Å². The van der Waals surface area contributed by atoms with Crippen molar-refractivity contribution < 1.29 is 4.79 Å². The van der Waals surface area contributed by atoms with E-state index in [4.69, 9.17) is 0 Å². The number of hydrogen-bond acceptors (Lipinski definition) is 2. The van der Waals surface area contributed by atoms with E-state index in [2.05, 4.69) is 31.0 Å². The maximum atomic E-state index is 12.8. The van der Waals surface area contributed by atoms with Gasteiger partial charge in [0.2, 0.25) is 5.91 Å². The van der Waals surface area contributed by atoms with E-state index < -0.39 is 0 Å². The zero-order chi connectivity index (χ0) is 15.1. The van der Waals surface area contributed by atoms with Crippen LogP contribution in [-0.2, 0) is 4.79 Å². The standard InChI is InChI=1S/C18H32N2O/c1-17(2,3)14-5-4-11-20(12-6-14)16(21)15-13-18(15)7-9-19-10-8-18/h14-15,19H,4-13H2,1-3H3. The van der Waals surface area contributed by atoms with Crippen LogP contribution in [0.25, 0.3) is 0 Å². The Labute approximate surface area is 129 Å². The Morgan fingerprint density at radius 1 is 1.14 bits per heavy atom. The Morgan fingerprint density at radius 2 is 1.86 bits per heavy atom. The van der Waals surface area contributed by atoms with E-state index in [0.29, 0.717) is 22.7 Å².